The molecule has 0 spiro atoms. The number of hydrogen-bond donors (Lipinski definition) is 1. The highest BCUT2D eigenvalue weighted by Gasteiger charge is 2.17. The Bertz CT molecular complexity index is 1020. The van der Waals surface area contributed by atoms with Crippen LogP contribution in [0.2, 0.25) is 5.02 Å². The van der Waals surface area contributed by atoms with Gasteiger partial charge in [0.15, 0.2) is 0 Å². The number of aromatic nitrogens is 2. The van der Waals surface area contributed by atoms with Gasteiger partial charge < -0.3 is 14.6 Å². The number of amides is 1. The fraction of sp³-hybridized carbons (Fsp3) is 0.333. The summed E-state index contributed by atoms with van der Waals surface area (Å²) in [4.78, 5) is 17.1. The van der Waals surface area contributed by atoms with E-state index in [0.717, 1.165) is 11.9 Å². The molecule has 0 bridgehead atoms. The van der Waals surface area contributed by atoms with Gasteiger partial charge in [0.1, 0.15) is 23.9 Å². The first-order valence-corrected chi connectivity index (χ1v) is 10.2. The van der Waals surface area contributed by atoms with Crippen molar-refractivity contribution < 1.29 is 13.9 Å². The third-order valence-corrected chi connectivity index (χ3v) is 4.75. The van der Waals surface area contributed by atoms with Gasteiger partial charge in [-0.25, -0.2) is 9.37 Å². The minimum absolute atomic E-state index is 0.00200. The second-order valence-electron chi connectivity index (χ2n) is 6.91. The molecule has 0 aliphatic carbocycles. The second-order valence-corrected chi connectivity index (χ2v) is 7.70. The van der Waals surface area contributed by atoms with Crippen molar-refractivity contribution in [2.45, 2.75) is 32.9 Å². The van der Waals surface area contributed by atoms with Crippen molar-refractivity contribution in [3.05, 3.63) is 47.2 Å². The summed E-state index contributed by atoms with van der Waals surface area (Å²) in [7, 11) is 0. The molecule has 3 aromatic rings. The number of benzene rings is 2. The van der Waals surface area contributed by atoms with Gasteiger partial charge in [-0.2, -0.15) is 0 Å². The molecule has 0 aliphatic rings. The van der Waals surface area contributed by atoms with Crippen LogP contribution >= 0.6 is 23.2 Å². The molecule has 3 rings (SSSR count). The van der Waals surface area contributed by atoms with Crippen molar-refractivity contribution in [3.8, 4) is 17.1 Å². The average molecular weight is 438 g/mol. The lowest BCUT2D eigenvalue weighted by Gasteiger charge is -2.13. The Hall–Kier alpha value is -2.31. The third-order valence-electron chi connectivity index (χ3n) is 4.20. The SMILES string of the molecule is CC(C)NC(=O)Cn1c(-c2ccc(F)c(Cl)c2)nc2ccc(OCCCCl)cc21. The minimum atomic E-state index is -0.509. The Balaban J connectivity index is 2.06. The molecule has 1 aromatic heterocycles. The molecule has 0 aliphatic heterocycles. The fourth-order valence-electron chi connectivity index (χ4n) is 2.96. The highest BCUT2D eigenvalue weighted by Crippen LogP contribution is 2.30. The maximum atomic E-state index is 13.6. The van der Waals surface area contributed by atoms with Crippen LogP contribution in [0.4, 0.5) is 4.39 Å². The lowest BCUT2D eigenvalue weighted by atomic mass is 10.2. The van der Waals surface area contributed by atoms with Gasteiger partial charge in [-0.05, 0) is 50.6 Å². The van der Waals surface area contributed by atoms with Crippen LogP contribution in [0.5, 0.6) is 5.75 Å². The van der Waals surface area contributed by atoms with Crippen LogP contribution < -0.4 is 10.1 Å². The van der Waals surface area contributed by atoms with Gasteiger partial charge in [0.2, 0.25) is 5.91 Å². The molecule has 8 heteroatoms. The van der Waals surface area contributed by atoms with Gasteiger partial charge in [0.05, 0.1) is 22.7 Å². The van der Waals surface area contributed by atoms with Gasteiger partial charge >= 0.3 is 0 Å². The van der Waals surface area contributed by atoms with Crippen molar-refractivity contribution in [1.29, 1.82) is 0 Å². The Morgan fingerprint density at radius 2 is 2.07 bits per heavy atom. The summed E-state index contributed by atoms with van der Waals surface area (Å²) in [6.45, 7) is 4.35. The summed E-state index contributed by atoms with van der Waals surface area (Å²) in [6.07, 6.45) is 0.731. The summed E-state index contributed by atoms with van der Waals surface area (Å²) < 4.78 is 21.1. The number of fused-ring (bicyclic) bond motifs is 1. The van der Waals surface area contributed by atoms with E-state index in [2.05, 4.69) is 10.3 Å². The fourth-order valence-corrected chi connectivity index (χ4v) is 3.25. The van der Waals surface area contributed by atoms with Crippen molar-refractivity contribution in [3.63, 3.8) is 0 Å². The summed E-state index contributed by atoms with van der Waals surface area (Å²) >= 11 is 11.7. The summed E-state index contributed by atoms with van der Waals surface area (Å²) in [5, 5.41) is 2.88. The van der Waals surface area contributed by atoms with Crippen molar-refractivity contribution in [2.24, 2.45) is 0 Å². The van der Waals surface area contributed by atoms with Gasteiger partial charge in [0, 0.05) is 23.6 Å². The summed E-state index contributed by atoms with van der Waals surface area (Å²) in [5.74, 6) is 1.05. The molecule has 154 valence electrons. The Morgan fingerprint density at radius 1 is 1.28 bits per heavy atom. The molecule has 0 fully saturated rings. The van der Waals surface area contributed by atoms with Gasteiger partial charge in [-0.15, -0.1) is 11.6 Å². The maximum Gasteiger partial charge on any atom is 0.240 e. The van der Waals surface area contributed by atoms with Gasteiger partial charge in [0.25, 0.3) is 0 Å². The number of rotatable bonds is 8. The van der Waals surface area contributed by atoms with Crippen LogP contribution in [0.3, 0.4) is 0 Å². The number of ether oxygens (including phenoxy) is 1. The molecule has 0 atom stereocenters. The standard InChI is InChI=1S/C21H22Cl2FN3O2/c1-13(2)25-20(28)12-27-19-11-15(29-9-3-8-22)5-7-18(19)26-21(27)14-4-6-17(24)16(23)10-14/h4-7,10-11,13H,3,8-9,12H2,1-2H3,(H,25,28). The molecule has 0 unspecified atom stereocenters. The lowest BCUT2D eigenvalue weighted by molar-refractivity contribution is -0.122. The van der Waals surface area contributed by atoms with Crippen LogP contribution in [-0.2, 0) is 11.3 Å². The zero-order chi connectivity index (χ0) is 21.0. The van der Waals surface area contributed by atoms with E-state index < -0.39 is 5.82 Å². The first kappa shape index (κ1) is 21.4. The molecular weight excluding hydrogens is 416 g/mol. The first-order valence-electron chi connectivity index (χ1n) is 9.33. The molecule has 2 aromatic carbocycles. The van der Waals surface area contributed by atoms with Crippen LogP contribution in [0.1, 0.15) is 20.3 Å². The predicted octanol–water partition coefficient (Wildman–Crippen LogP) is 5.03. The highest BCUT2D eigenvalue weighted by atomic mass is 35.5. The van der Waals surface area contributed by atoms with Crippen LogP contribution in [0, 0.1) is 5.82 Å². The molecule has 0 saturated heterocycles. The van der Waals surface area contributed by atoms with Crippen molar-refractivity contribution in [2.75, 3.05) is 12.5 Å². The predicted molar refractivity (Wildman–Crippen MR) is 114 cm³/mol. The molecule has 0 radical (unpaired) electrons. The Morgan fingerprint density at radius 3 is 2.76 bits per heavy atom. The lowest BCUT2D eigenvalue weighted by Crippen LogP contribution is -2.33. The van der Waals surface area contributed by atoms with Crippen LogP contribution in [-0.4, -0.2) is 34.0 Å². The Kier molecular flexibility index (Phi) is 6.98. The highest BCUT2D eigenvalue weighted by molar-refractivity contribution is 6.31. The van der Waals surface area contributed by atoms with Crippen molar-refractivity contribution in [1.82, 2.24) is 14.9 Å². The van der Waals surface area contributed by atoms with E-state index in [1.54, 1.807) is 10.6 Å². The third kappa shape index (κ3) is 5.19. The van der Waals surface area contributed by atoms with E-state index in [-0.39, 0.29) is 23.5 Å². The van der Waals surface area contributed by atoms with E-state index in [4.69, 9.17) is 27.9 Å². The zero-order valence-corrected chi connectivity index (χ0v) is 17.7. The zero-order valence-electron chi connectivity index (χ0n) is 16.2. The topological polar surface area (TPSA) is 56.2 Å². The quantitative estimate of drug-likeness (QED) is 0.397. The number of carbonyl (C=O) groups is 1. The van der Waals surface area contributed by atoms with Gasteiger partial charge in [-0.3, -0.25) is 4.79 Å². The molecule has 1 N–H and O–H groups in total. The summed E-state index contributed by atoms with van der Waals surface area (Å²) in [6, 6.07) is 9.89. The van der Waals surface area contributed by atoms with E-state index in [1.165, 1.54) is 12.1 Å². The number of carbonyl (C=O) groups excluding carboxylic acids is 1. The monoisotopic (exact) mass is 437 g/mol. The normalized spacial score (nSPS) is 11.2. The number of halogens is 3. The number of hydrogen-bond acceptors (Lipinski definition) is 3. The van der Waals surface area contributed by atoms with E-state index in [1.807, 2.05) is 32.0 Å². The Labute approximate surface area is 178 Å². The maximum absolute atomic E-state index is 13.6. The van der Waals surface area contributed by atoms with E-state index >= 15 is 0 Å². The number of imidazole rings is 1. The van der Waals surface area contributed by atoms with Crippen LogP contribution in [0.25, 0.3) is 22.4 Å². The molecule has 1 heterocycles. The first-order chi connectivity index (χ1) is 13.9. The molecular formula is C21H22Cl2FN3O2. The number of alkyl halides is 1. The average Bonchev–Trinajstić information content (AvgIpc) is 3.01. The summed E-state index contributed by atoms with van der Waals surface area (Å²) in [5.41, 5.74) is 2.06. The molecule has 0 saturated carbocycles. The number of nitrogens with one attached hydrogen (secondary N) is 1. The minimum Gasteiger partial charge on any atom is -0.493 e. The van der Waals surface area contributed by atoms with E-state index in [0.29, 0.717) is 35.1 Å². The van der Waals surface area contributed by atoms with Crippen molar-refractivity contribution >= 4 is 40.1 Å². The molecule has 5 nitrogen and oxygen atoms in total. The number of nitrogens with zero attached hydrogens (tertiary/aromatic N) is 2. The van der Waals surface area contributed by atoms with E-state index in [9.17, 15) is 9.18 Å². The van der Waals surface area contributed by atoms with Crippen LogP contribution in [0.15, 0.2) is 36.4 Å². The largest absolute Gasteiger partial charge is 0.493 e. The molecule has 1 amide bonds. The smallest absolute Gasteiger partial charge is 0.240 e. The molecule has 29 heavy (non-hydrogen) atoms. The second kappa shape index (κ2) is 9.46. The van der Waals surface area contributed by atoms with Gasteiger partial charge in [-0.1, -0.05) is 11.6 Å².